The van der Waals surface area contributed by atoms with Crippen molar-refractivity contribution in [1.29, 1.82) is 0 Å². The van der Waals surface area contributed by atoms with Gasteiger partial charge < -0.3 is 10.4 Å². The molecule has 9 nitrogen and oxygen atoms in total. The standard InChI is InChI=1S/C10H8N6O3/c17-8(18)7-2-1-6(5-12-7)14-10(19)15-9-11-3-4-13-16-9/h1-5H,(H,17,18)(H2,11,14,15,16,19). The predicted molar refractivity (Wildman–Crippen MR) is 63.7 cm³/mol. The lowest BCUT2D eigenvalue weighted by atomic mass is 10.3. The van der Waals surface area contributed by atoms with Crippen LogP contribution in [0.15, 0.2) is 30.7 Å². The van der Waals surface area contributed by atoms with E-state index in [1.165, 1.54) is 30.7 Å². The Morgan fingerprint density at radius 1 is 1.11 bits per heavy atom. The summed E-state index contributed by atoms with van der Waals surface area (Å²) in [4.78, 5) is 29.5. The maximum Gasteiger partial charge on any atom is 0.354 e. The Morgan fingerprint density at radius 3 is 2.53 bits per heavy atom. The Hall–Kier alpha value is -3.10. The molecule has 2 heterocycles. The highest BCUT2D eigenvalue weighted by molar-refractivity contribution is 5.98. The van der Waals surface area contributed by atoms with Crippen molar-refractivity contribution in [1.82, 2.24) is 20.2 Å². The monoisotopic (exact) mass is 260 g/mol. The number of urea groups is 1. The number of rotatable bonds is 3. The number of carbonyl (C=O) groups excluding carboxylic acids is 1. The fourth-order valence-electron chi connectivity index (χ4n) is 1.16. The van der Waals surface area contributed by atoms with Gasteiger partial charge >= 0.3 is 12.0 Å². The Labute approximate surface area is 106 Å². The molecule has 0 spiro atoms. The minimum Gasteiger partial charge on any atom is -0.477 e. The van der Waals surface area contributed by atoms with Gasteiger partial charge in [0.1, 0.15) is 5.69 Å². The van der Waals surface area contributed by atoms with Gasteiger partial charge in [0.2, 0.25) is 0 Å². The number of pyridine rings is 1. The molecule has 0 saturated heterocycles. The second-order valence-electron chi connectivity index (χ2n) is 3.28. The van der Waals surface area contributed by atoms with E-state index in [1.54, 1.807) is 0 Å². The molecule has 0 unspecified atom stereocenters. The fourth-order valence-corrected chi connectivity index (χ4v) is 1.16. The SMILES string of the molecule is O=C(Nc1ccc(C(=O)O)nc1)Nc1nccnn1. The number of amides is 2. The number of nitrogens with one attached hydrogen (secondary N) is 2. The van der Waals surface area contributed by atoms with E-state index in [2.05, 4.69) is 30.8 Å². The van der Waals surface area contributed by atoms with Crippen LogP contribution >= 0.6 is 0 Å². The summed E-state index contributed by atoms with van der Waals surface area (Å²) in [6, 6.07) is 2.11. The molecular weight excluding hydrogens is 252 g/mol. The molecule has 3 N–H and O–H groups in total. The van der Waals surface area contributed by atoms with E-state index in [9.17, 15) is 9.59 Å². The van der Waals surface area contributed by atoms with Gasteiger partial charge in [-0.25, -0.2) is 19.6 Å². The Balaban J connectivity index is 1.97. The van der Waals surface area contributed by atoms with Gasteiger partial charge in [-0.15, -0.1) is 5.10 Å². The molecule has 0 aromatic carbocycles. The number of nitrogens with zero attached hydrogens (tertiary/aromatic N) is 4. The molecule has 0 aliphatic carbocycles. The average Bonchev–Trinajstić information content (AvgIpc) is 2.40. The molecule has 19 heavy (non-hydrogen) atoms. The molecule has 0 fully saturated rings. The molecule has 96 valence electrons. The van der Waals surface area contributed by atoms with E-state index in [-0.39, 0.29) is 11.6 Å². The van der Waals surface area contributed by atoms with Gasteiger partial charge in [-0.2, -0.15) is 5.10 Å². The van der Waals surface area contributed by atoms with Crippen molar-refractivity contribution < 1.29 is 14.7 Å². The largest absolute Gasteiger partial charge is 0.477 e. The third kappa shape index (κ3) is 3.43. The van der Waals surface area contributed by atoms with Crippen molar-refractivity contribution >= 4 is 23.6 Å². The van der Waals surface area contributed by atoms with Gasteiger partial charge in [-0.05, 0) is 12.1 Å². The Kier molecular flexibility index (Phi) is 3.57. The number of hydrogen-bond acceptors (Lipinski definition) is 6. The maximum absolute atomic E-state index is 11.5. The molecule has 0 aliphatic heterocycles. The van der Waals surface area contributed by atoms with Crippen LogP contribution in [0.25, 0.3) is 0 Å². The lowest BCUT2D eigenvalue weighted by molar-refractivity contribution is 0.0690. The van der Waals surface area contributed by atoms with Crippen LogP contribution in [-0.2, 0) is 0 Å². The minimum atomic E-state index is -1.14. The number of carboxylic acids is 1. The van der Waals surface area contributed by atoms with Crippen molar-refractivity contribution in [3.05, 3.63) is 36.4 Å². The normalized spacial score (nSPS) is 9.68. The summed E-state index contributed by atoms with van der Waals surface area (Å²) in [6.45, 7) is 0. The van der Waals surface area contributed by atoms with Crippen molar-refractivity contribution in [2.24, 2.45) is 0 Å². The van der Waals surface area contributed by atoms with Crippen molar-refractivity contribution in [2.45, 2.75) is 0 Å². The zero-order valence-corrected chi connectivity index (χ0v) is 9.44. The number of carboxylic acid groups (broad SMARTS) is 1. The first-order valence-electron chi connectivity index (χ1n) is 5.06. The Morgan fingerprint density at radius 2 is 1.95 bits per heavy atom. The first-order chi connectivity index (χ1) is 9.15. The molecule has 0 radical (unpaired) electrons. The van der Waals surface area contributed by atoms with Crippen LogP contribution in [0.1, 0.15) is 10.5 Å². The summed E-state index contributed by atoms with van der Waals surface area (Å²) in [6.07, 6.45) is 3.98. The molecule has 0 aliphatic rings. The van der Waals surface area contributed by atoms with E-state index in [0.29, 0.717) is 5.69 Å². The van der Waals surface area contributed by atoms with Gasteiger partial charge in [0.05, 0.1) is 24.3 Å². The second-order valence-corrected chi connectivity index (χ2v) is 3.28. The molecule has 2 aromatic rings. The average molecular weight is 260 g/mol. The number of aromatic nitrogens is 4. The predicted octanol–water partition coefficient (Wildman–Crippen LogP) is 0.609. The number of carbonyl (C=O) groups is 2. The van der Waals surface area contributed by atoms with Crippen LogP contribution in [0.5, 0.6) is 0 Å². The highest BCUT2D eigenvalue weighted by Crippen LogP contribution is 2.06. The maximum atomic E-state index is 11.5. The fraction of sp³-hybridized carbons (Fsp3) is 0. The highest BCUT2D eigenvalue weighted by Gasteiger charge is 2.07. The zero-order chi connectivity index (χ0) is 13.7. The molecule has 0 bridgehead atoms. The topological polar surface area (TPSA) is 130 Å². The van der Waals surface area contributed by atoms with Crippen LogP contribution in [0.2, 0.25) is 0 Å². The smallest absolute Gasteiger partial charge is 0.354 e. The summed E-state index contributed by atoms with van der Waals surface area (Å²) in [5, 5.41) is 20.6. The summed E-state index contributed by atoms with van der Waals surface area (Å²) in [7, 11) is 0. The summed E-state index contributed by atoms with van der Waals surface area (Å²) in [5.74, 6) is -1.09. The Bertz CT molecular complexity index is 586. The van der Waals surface area contributed by atoms with Crippen molar-refractivity contribution in [3.63, 3.8) is 0 Å². The molecule has 2 amide bonds. The minimum absolute atomic E-state index is 0.0510. The van der Waals surface area contributed by atoms with Gasteiger partial charge in [0.25, 0.3) is 5.95 Å². The number of anilines is 2. The van der Waals surface area contributed by atoms with E-state index in [4.69, 9.17) is 5.11 Å². The second kappa shape index (κ2) is 5.49. The highest BCUT2D eigenvalue weighted by atomic mass is 16.4. The van der Waals surface area contributed by atoms with Crippen LogP contribution in [-0.4, -0.2) is 37.3 Å². The molecular formula is C10H8N6O3. The first kappa shape index (κ1) is 12.4. The van der Waals surface area contributed by atoms with Crippen LogP contribution in [0.3, 0.4) is 0 Å². The van der Waals surface area contributed by atoms with E-state index in [0.717, 1.165) is 0 Å². The van der Waals surface area contributed by atoms with Gasteiger partial charge in [-0.3, -0.25) is 5.32 Å². The molecule has 0 saturated carbocycles. The lowest BCUT2D eigenvalue weighted by Crippen LogP contribution is -2.21. The van der Waals surface area contributed by atoms with Gasteiger partial charge in [0, 0.05) is 0 Å². The number of aromatic carboxylic acids is 1. The lowest BCUT2D eigenvalue weighted by Gasteiger charge is -2.05. The molecule has 0 atom stereocenters. The number of hydrogen-bond donors (Lipinski definition) is 3. The van der Waals surface area contributed by atoms with Crippen LogP contribution < -0.4 is 10.6 Å². The summed E-state index contributed by atoms with van der Waals surface area (Å²) >= 11 is 0. The molecule has 2 rings (SSSR count). The van der Waals surface area contributed by atoms with Crippen LogP contribution in [0.4, 0.5) is 16.4 Å². The van der Waals surface area contributed by atoms with E-state index in [1.807, 2.05) is 0 Å². The van der Waals surface area contributed by atoms with Crippen LogP contribution in [0, 0.1) is 0 Å². The summed E-state index contributed by atoms with van der Waals surface area (Å²) in [5.41, 5.74) is 0.230. The third-order valence-corrected chi connectivity index (χ3v) is 1.95. The van der Waals surface area contributed by atoms with Gasteiger partial charge in [0.15, 0.2) is 0 Å². The molecule has 9 heteroatoms. The van der Waals surface area contributed by atoms with Gasteiger partial charge in [-0.1, -0.05) is 0 Å². The summed E-state index contributed by atoms with van der Waals surface area (Å²) < 4.78 is 0. The van der Waals surface area contributed by atoms with Crippen molar-refractivity contribution in [2.75, 3.05) is 10.6 Å². The van der Waals surface area contributed by atoms with E-state index < -0.39 is 12.0 Å². The quantitative estimate of drug-likeness (QED) is 0.736. The first-order valence-corrected chi connectivity index (χ1v) is 5.06. The molecule has 2 aromatic heterocycles. The third-order valence-electron chi connectivity index (χ3n) is 1.95. The zero-order valence-electron chi connectivity index (χ0n) is 9.44. The van der Waals surface area contributed by atoms with Crippen molar-refractivity contribution in [3.8, 4) is 0 Å². The van der Waals surface area contributed by atoms with E-state index >= 15 is 0 Å².